The Labute approximate surface area is 178 Å². The van der Waals surface area contributed by atoms with E-state index in [0.29, 0.717) is 41.9 Å². The molecule has 4 heterocycles. The number of aromatic nitrogens is 3. The molecule has 9 heteroatoms. The topological polar surface area (TPSA) is 110 Å². The van der Waals surface area contributed by atoms with Crippen LogP contribution in [-0.2, 0) is 4.79 Å². The molecule has 2 amide bonds. The maximum Gasteiger partial charge on any atom is 0.268 e. The Bertz CT molecular complexity index is 1160. The van der Waals surface area contributed by atoms with E-state index in [-0.39, 0.29) is 17.7 Å². The molecule has 0 aliphatic carbocycles. The van der Waals surface area contributed by atoms with Crippen LogP contribution in [-0.4, -0.2) is 50.6 Å². The summed E-state index contributed by atoms with van der Waals surface area (Å²) in [7, 11) is 0. The molecule has 2 aromatic heterocycles. The number of nitrogens with zero attached hydrogens (tertiary/aromatic N) is 4. The van der Waals surface area contributed by atoms with Crippen LogP contribution >= 0.6 is 0 Å². The molecule has 9 nitrogen and oxygen atoms in total. The number of benzene rings is 1. The molecule has 2 aliphatic rings. The Kier molecular flexibility index (Phi) is 4.46. The van der Waals surface area contributed by atoms with Crippen LogP contribution in [0.15, 0.2) is 47.1 Å². The quantitative estimate of drug-likeness (QED) is 0.695. The molecule has 1 saturated heterocycles. The second-order valence-electron chi connectivity index (χ2n) is 8.20. The van der Waals surface area contributed by atoms with Crippen LogP contribution < -0.4 is 10.1 Å². The van der Waals surface area contributed by atoms with Crippen molar-refractivity contribution in [3.8, 4) is 17.2 Å². The van der Waals surface area contributed by atoms with Gasteiger partial charge in [0.15, 0.2) is 5.60 Å². The first-order valence-electron chi connectivity index (χ1n) is 10.1. The molecule has 0 spiro atoms. The lowest BCUT2D eigenvalue weighted by atomic mass is 10.0. The molecule has 158 valence electrons. The van der Waals surface area contributed by atoms with Crippen molar-refractivity contribution in [3.63, 3.8) is 0 Å². The predicted molar refractivity (Wildman–Crippen MR) is 111 cm³/mol. The number of ether oxygens (including phenoxy) is 1. The van der Waals surface area contributed by atoms with E-state index in [1.807, 2.05) is 12.1 Å². The van der Waals surface area contributed by atoms with E-state index in [1.165, 1.54) is 0 Å². The van der Waals surface area contributed by atoms with Crippen LogP contribution in [0.3, 0.4) is 0 Å². The second-order valence-corrected chi connectivity index (χ2v) is 8.20. The first kappa shape index (κ1) is 19.2. The van der Waals surface area contributed by atoms with Gasteiger partial charge < -0.3 is 19.4 Å². The van der Waals surface area contributed by atoms with Crippen molar-refractivity contribution in [2.24, 2.45) is 0 Å². The zero-order valence-corrected chi connectivity index (χ0v) is 17.2. The monoisotopic (exact) mass is 419 g/mol. The third-order valence-corrected chi connectivity index (χ3v) is 5.56. The Morgan fingerprint density at radius 2 is 2.13 bits per heavy atom. The number of hydrogen-bond donors (Lipinski definition) is 1. The van der Waals surface area contributed by atoms with E-state index < -0.39 is 5.60 Å². The van der Waals surface area contributed by atoms with Crippen molar-refractivity contribution < 1.29 is 18.7 Å². The number of rotatable bonds is 3. The third-order valence-electron chi connectivity index (χ3n) is 5.56. The van der Waals surface area contributed by atoms with Crippen LogP contribution in [0, 0.1) is 0 Å². The lowest BCUT2D eigenvalue weighted by Gasteiger charge is -2.31. The van der Waals surface area contributed by atoms with Crippen molar-refractivity contribution in [2.75, 3.05) is 18.4 Å². The highest BCUT2D eigenvalue weighted by molar-refractivity contribution is 6.02. The van der Waals surface area contributed by atoms with Crippen LogP contribution in [0.25, 0.3) is 11.5 Å². The summed E-state index contributed by atoms with van der Waals surface area (Å²) in [4.78, 5) is 31.0. The summed E-state index contributed by atoms with van der Waals surface area (Å²) in [5.74, 6) is 1.10. The fourth-order valence-electron chi connectivity index (χ4n) is 3.78. The van der Waals surface area contributed by atoms with Gasteiger partial charge in [-0.2, -0.15) is 0 Å². The first-order chi connectivity index (χ1) is 14.9. The summed E-state index contributed by atoms with van der Waals surface area (Å²) in [5, 5.41) is 11.1. The molecule has 0 saturated carbocycles. The van der Waals surface area contributed by atoms with Gasteiger partial charge in [0.25, 0.3) is 11.8 Å². The molecule has 1 atom stereocenters. The Morgan fingerprint density at radius 1 is 1.26 bits per heavy atom. The van der Waals surface area contributed by atoms with Crippen molar-refractivity contribution in [1.82, 2.24) is 20.1 Å². The highest BCUT2D eigenvalue weighted by Crippen LogP contribution is 2.35. The van der Waals surface area contributed by atoms with Crippen molar-refractivity contribution in [2.45, 2.75) is 31.8 Å². The molecule has 1 unspecified atom stereocenters. The number of anilines is 1. The number of fused-ring (bicyclic) bond motifs is 1. The number of carbonyl (C=O) groups excluding carboxylic acids is 2. The van der Waals surface area contributed by atoms with Gasteiger partial charge in [-0.3, -0.25) is 14.6 Å². The highest BCUT2D eigenvalue weighted by Gasteiger charge is 2.36. The largest absolute Gasteiger partial charge is 0.476 e. The van der Waals surface area contributed by atoms with Gasteiger partial charge in [0.1, 0.15) is 5.75 Å². The number of likely N-dealkylation sites (tertiary alicyclic amines) is 1. The Balaban J connectivity index is 1.30. The van der Waals surface area contributed by atoms with Gasteiger partial charge in [0, 0.05) is 31.0 Å². The number of pyridine rings is 1. The molecule has 0 bridgehead atoms. The standard InChI is InChI=1S/C22H21N5O4/c1-22(2)21(29)24-16-10-13(5-6-17(16)31-22)20(28)27-9-7-15(12-27)19-26-25-18(30-19)14-4-3-8-23-11-14/h3-6,8,10-11,15H,7,9,12H2,1-2H3,(H,24,29). The van der Waals surface area contributed by atoms with Gasteiger partial charge in [-0.15, -0.1) is 10.2 Å². The van der Waals surface area contributed by atoms with Gasteiger partial charge in [-0.05, 0) is 50.6 Å². The molecule has 0 radical (unpaired) electrons. The fraction of sp³-hybridized carbons (Fsp3) is 0.318. The second kappa shape index (κ2) is 7.19. The Morgan fingerprint density at radius 3 is 2.94 bits per heavy atom. The van der Waals surface area contributed by atoms with Crippen LogP contribution in [0.5, 0.6) is 5.75 Å². The molecule has 3 aromatic rings. The molecule has 2 aliphatic heterocycles. The van der Waals surface area contributed by atoms with Gasteiger partial charge in [0.05, 0.1) is 17.2 Å². The SMILES string of the molecule is CC1(C)Oc2ccc(C(=O)N3CCC(c4nnc(-c5cccnc5)o4)C3)cc2NC1=O. The number of hydrogen-bond acceptors (Lipinski definition) is 7. The minimum Gasteiger partial charge on any atom is -0.476 e. The number of carbonyl (C=O) groups is 2. The van der Waals surface area contributed by atoms with Crippen molar-refractivity contribution in [3.05, 3.63) is 54.2 Å². The molecule has 31 heavy (non-hydrogen) atoms. The Hall–Kier alpha value is -3.75. The van der Waals surface area contributed by atoms with E-state index in [4.69, 9.17) is 9.15 Å². The summed E-state index contributed by atoms with van der Waals surface area (Å²) in [6.45, 7) is 4.47. The molecule has 1 fully saturated rings. The summed E-state index contributed by atoms with van der Waals surface area (Å²) in [5.41, 5.74) is 0.807. The molecule has 1 N–H and O–H groups in total. The van der Waals surface area contributed by atoms with Crippen LogP contribution in [0.2, 0.25) is 0 Å². The zero-order valence-electron chi connectivity index (χ0n) is 17.2. The molecular weight excluding hydrogens is 398 g/mol. The van der Waals surface area contributed by atoms with Gasteiger partial charge in [-0.1, -0.05) is 0 Å². The van der Waals surface area contributed by atoms with Gasteiger partial charge in [-0.25, -0.2) is 0 Å². The number of amides is 2. The molecule has 5 rings (SSSR count). The van der Waals surface area contributed by atoms with Gasteiger partial charge in [0.2, 0.25) is 11.8 Å². The van der Waals surface area contributed by atoms with E-state index in [0.717, 1.165) is 12.0 Å². The first-order valence-corrected chi connectivity index (χ1v) is 10.1. The van der Waals surface area contributed by atoms with Crippen molar-refractivity contribution in [1.29, 1.82) is 0 Å². The third kappa shape index (κ3) is 3.52. The zero-order chi connectivity index (χ0) is 21.6. The number of nitrogens with one attached hydrogen (secondary N) is 1. The van der Waals surface area contributed by atoms with Crippen LogP contribution in [0.4, 0.5) is 5.69 Å². The van der Waals surface area contributed by atoms with E-state index >= 15 is 0 Å². The van der Waals surface area contributed by atoms with Gasteiger partial charge >= 0.3 is 0 Å². The maximum absolute atomic E-state index is 13.0. The molecule has 1 aromatic carbocycles. The molecular formula is C22H21N5O4. The smallest absolute Gasteiger partial charge is 0.268 e. The predicted octanol–water partition coefficient (Wildman–Crippen LogP) is 2.87. The summed E-state index contributed by atoms with van der Waals surface area (Å²) >= 11 is 0. The lowest BCUT2D eigenvalue weighted by molar-refractivity contribution is -0.129. The summed E-state index contributed by atoms with van der Waals surface area (Å²) in [6, 6.07) is 8.76. The maximum atomic E-state index is 13.0. The van der Waals surface area contributed by atoms with Crippen LogP contribution in [0.1, 0.15) is 42.4 Å². The normalized spacial score (nSPS) is 19.5. The van der Waals surface area contributed by atoms with E-state index in [9.17, 15) is 9.59 Å². The summed E-state index contributed by atoms with van der Waals surface area (Å²) < 4.78 is 11.6. The highest BCUT2D eigenvalue weighted by atomic mass is 16.5. The van der Waals surface area contributed by atoms with E-state index in [2.05, 4.69) is 20.5 Å². The minimum atomic E-state index is -0.945. The van der Waals surface area contributed by atoms with E-state index in [1.54, 1.807) is 49.3 Å². The van der Waals surface area contributed by atoms with Crippen molar-refractivity contribution >= 4 is 17.5 Å². The fourth-order valence-corrected chi connectivity index (χ4v) is 3.78. The average Bonchev–Trinajstić information content (AvgIpc) is 3.44. The average molecular weight is 419 g/mol. The minimum absolute atomic E-state index is 0.0247. The summed E-state index contributed by atoms with van der Waals surface area (Å²) in [6.07, 6.45) is 4.08. The lowest BCUT2D eigenvalue weighted by Crippen LogP contribution is -2.45.